The molecule has 7 heteroatoms. The molecule has 3 aromatic rings. The molecule has 2 heterocycles. The second-order valence-electron chi connectivity index (χ2n) is 5.84. The van der Waals surface area contributed by atoms with Crippen LogP contribution in [0.25, 0.3) is 11.4 Å². The molecule has 0 aliphatic heterocycles. The lowest BCUT2D eigenvalue weighted by molar-refractivity contribution is 0.603. The lowest BCUT2D eigenvalue weighted by atomic mass is 10.2. The lowest BCUT2D eigenvalue weighted by Gasteiger charge is -2.11. The van der Waals surface area contributed by atoms with Gasteiger partial charge in [0.25, 0.3) is 0 Å². The van der Waals surface area contributed by atoms with Gasteiger partial charge in [0.2, 0.25) is 5.95 Å². The van der Waals surface area contributed by atoms with E-state index in [-0.39, 0.29) is 5.69 Å². The SMILES string of the molecule is Fc1ccc(F)c(Nc2cc(-c3ccccn3)nc(NC3CC3)n2)c1. The fourth-order valence-electron chi connectivity index (χ4n) is 2.36. The molecule has 0 bridgehead atoms. The monoisotopic (exact) mass is 339 g/mol. The highest BCUT2D eigenvalue weighted by Crippen LogP contribution is 2.27. The molecule has 126 valence electrons. The van der Waals surface area contributed by atoms with Crippen molar-refractivity contribution in [1.29, 1.82) is 0 Å². The average Bonchev–Trinajstić information content (AvgIpc) is 3.43. The van der Waals surface area contributed by atoms with E-state index in [0.29, 0.717) is 29.2 Å². The van der Waals surface area contributed by atoms with Crippen LogP contribution in [0.3, 0.4) is 0 Å². The summed E-state index contributed by atoms with van der Waals surface area (Å²) in [5.41, 5.74) is 1.28. The third kappa shape index (κ3) is 3.71. The van der Waals surface area contributed by atoms with E-state index in [2.05, 4.69) is 25.6 Å². The Hall–Kier alpha value is -3.09. The van der Waals surface area contributed by atoms with Crippen LogP contribution in [0.15, 0.2) is 48.7 Å². The van der Waals surface area contributed by atoms with E-state index in [9.17, 15) is 8.78 Å². The number of hydrogen-bond acceptors (Lipinski definition) is 5. The number of pyridine rings is 1. The fraction of sp³-hybridized carbons (Fsp3) is 0.167. The highest BCUT2D eigenvalue weighted by Gasteiger charge is 2.22. The van der Waals surface area contributed by atoms with E-state index in [4.69, 9.17) is 0 Å². The molecule has 0 atom stereocenters. The Morgan fingerprint density at radius 2 is 1.84 bits per heavy atom. The Bertz CT molecular complexity index is 897. The molecule has 0 spiro atoms. The highest BCUT2D eigenvalue weighted by atomic mass is 19.1. The number of hydrogen-bond donors (Lipinski definition) is 2. The number of anilines is 3. The molecule has 1 saturated carbocycles. The van der Waals surface area contributed by atoms with Crippen molar-refractivity contribution in [2.75, 3.05) is 10.6 Å². The first-order valence-electron chi connectivity index (χ1n) is 7.96. The maximum absolute atomic E-state index is 13.9. The van der Waals surface area contributed by atoms with Crippen molar-refractivity contribution in [3.8, 4) is 11.4 Å². The second-order valence-corrected chi connectivity index (χ2v) is 5.84. The average molecular weight is 339 g/mol. The van der Waals surface area contributed by atoms with Crippen molar-refractivity contribution in [3.05, 3.63) is 60.3 Å². The fourth-order valence-corrected chi connectivity index (χ4v) is 2.36. The number of nitrogens with zero attached hydrogens (tertiary/aromatic N) is 3. The van der Waals surface area contributed by atoms with Gasteiger partial charge < -0.3 is 10.6 Å². The standard InChI is InChI=1S/C18H15F2N5/c19-11-4-7-13(20)15(9-11)23-17-10-16(14-3-1-2-8-21-14)24-18(25-17)22-12-5-6-12/h1-4,7-10,12H,5-6H2,(H2,22,23,24,25). The van der Waals surface area contributed by atoms with Gasteiger partial charge in [-0.15, -0.1) is 0 Å². The van der Waals surface area contributed by atoms with Crippen LogP contribution in [0.4, 0.5) is 26.2 Å². The van der Waals surface area contributed by atoms with Crippen LogP contribution < -0.4 is 10.6 Å². The van der Waals surface area contributed by atoms with Crippen molar-refractivity contribution in [2.24, 2.45) is 0 Å². The Kier molecular flexibility index (Phi) is 3.97. The molecule has 0 unspecified atom stereocenters. The summed E-state index contributed by atoms with van der Waals surface area (Å²) in [5, 5.41) is 6.04. The molecule has 0 radical (unpaired) electrons. The summed E-state index contributed by atoms with van der Waals surface area (Å²) in [5.74, 6) is -0.288. The Balaban J connectivity index is 1.71. The third-order valence-electron chi connectivity index (χ3n) is 3.76. The second kappa shape index (κ2) is 6.43. The van der Waals surface area contributed by atoms with E-state index < -0.39 is 11.6 Å². The third-order valence-corrected chi connectivity index (χ3v) is 3.76. The van der Waals surface area contributed by atoms with E-state index in [1.165, 1.54) is 0 Å². The molecule has 0 saturated heterocycles. The zero-order valence-electron chi connectivity index (χ0n) is 13.2. The maximum Gasteiger partial charge on any atom is 0.225 e. The molecule has 0 amide bonds. The summed E-state index contributed by atoms with van der Waals surface area (Å²) in [6.45, 7) is 0. The molecule has 2 aromatic heterocycles. The minimum Gasteiger partial charge on any atom is -0.351 e. The van der Waals surface area contributed by atoms with Gasteiger partial charge in [-0.3, -0.25) is 4.98 Å². The maximum atomic E-state index is 13.9. The summed E-state index contributed by atoms with van der Waals surface area (Å²) < 4.78 is 27.3. The van der Waals surface area contributed by atoms with Crippen LogP contribution in [0.5, 0.6) is 0 Å². The van der Waals surface area contributed by atoms with Crippen LogP contribution in [0.1, 0.15) is 12.8 Å². The van der Waals surface area contributed by atoms with Gasteiger partial charge in [-0.2, -0.15) is 4.98 Å². The van der Waals surface area contributed by atoms with Crippen molar-refractivity contribution < 1.29 is 8.78 Å². The van der Waals surface area contributed by atoms with Crippen LogP contribution in [0, 0.1) is 11.6 Å². The van der Waals surface area contributed by atoms with E-state index in [0.717, 1.165) is 31.0 Å². The molecule has 5 nitrogen and oxygen atoms in total. The Labute approximate surface area is 143 Å². The van der Waals surface area contributed by atoms with Gasteiger partial charge in [-0.25, -0.2) is 13.8 Å². The first kappa shape index (κ1) is 15.4. The van der Waals surface area contributed by atoms with Crippen molar-refractivity contribution in [2.45, 2.75) is 18.9 Å². The van der Waals surface area contributed by atoms with Crippen molar-refractivity contribution >= 4 is 17.5 Å². The van der Waals surface area contributed by atoms with Gasteiger partial charge in [0.05, 0.1) is 17.1 Å². The van der Waals surface area contributed by atoms with Gasteiger partial charge >= 0.3 is 0 Å². The zero-order chi connectivity index (χ0) is 17.2. The minimum absolute atomic E-state index is 0.0167. The molecule has 1 aliphatic rings. The van der Waals surface area contributed by atoms with E-state index in [1.807, 2.05) is 18.2 Å². The quantitative estimate of drug-likeness (QED) is 0.732. The van der Waals surface area contributed by atoms with Crippen molar-refractivity contribution in [1.82, 2.24) is 15.0 Å². The molecular formula is C18H15F2N5. The van der Waals surface area contributed by atoms with Gasteiger partial charge in [-0.05, 0) is 37.1 Å². The van der Waals surface area contributed by atoms with E-state index >= 15 is 0 Å². The zero-order valence-corrected chi connectivity index (χ0v) is 13.2. The smallest absolute Gasteiger partial charge is 0.225 e. The molecular weight excluding hydrogens is 324 g/mol. The van der Waals surface area contributed by atoms with Gasteiger partial charge in [-0.1, -0.05) is 6.07 Å². The van der Waals surface area contributed by atoms with Gasteiger partial charge in [0.1, 0.15) is 17.5 Å². The van der Waals surface area contributed by atoms with Crippen LogP contribution >= 0.6 is 0 Å². The summed E-state index contributed by atoms with van der Waals surface area (Å²) in [6, 6.07) is 10.7. The summed E-state index contributed by atoms with van der Waals surface area (Å²) >= 11 is 0. The van der Waals surface area contributed by atoms with Gasteiger partial charge in [0.15, 0.2) is 0 Å². The minimum atomic E-state index is -0.559. The predicted octanol–water partition coefficient (Wildman–Crippen LogP) is 4.13. The van der Waals surface area contributed by atoms with E-state index in [1.54, 1.807) is 12.3 Å². The largest absolute Gasteiger partial charge is 0.351 e. The molecule has 4 rings (SSSR count). The summed E-state index contributed by atoms with van der Waals surface area (Å²) in [4.78, 5) is 13.1. The number of halogens is 2. The first-order chi connectivity index (χ1) is 12.2. The normalized spacial score (nSPS) is 13.5. The molecule has 1 fully saturated rings. The number of nitrogens with one attached hydrogen (secondary N) is 2. The summed E-state index contributed by atoms with van der Waals surface area (Å²) in [6.07, 6.45) is 3.81. The van der Waals surface area contributed by atoms with Crippen LogP contribution in [-0.2, 0) is 0 Å². The number of benzene rings is 1. The lowest BCUT2D eigenvalue weighted by Crippen LogP contribution is -2.08. The topological polar surface area (TPSA) is 62.7 Å². The Morgan fingerprint density at radius 1 is 0.960 bits per heavy atom. The molecule has 25 heavy (non-hydrogen) atoms. The molecule has 1 aromatic carbocycles. The van der Waals surface area contributed by atoms with Crippen molar-refractivity contribution in [3.63, 3.8) is 0 Å². The predicted molar refractivity (Wildman–Crippen MR) is 91.5 cm³/mol. The molecule has 2 N–H and O–H groups in total. The highest BCUT2D eigenvalue weighted by molar-refractivity contribution is 5.65. The van der Waals surface area contributed by atoms with Gasteiger partial charge in [0, 0.05) is 24.4 Å². The number of aromatic nitrogens is 3. The van der Waals surface area contributed by atoms with Crippen LogP contribution in [-0.4, -0.2) is 21.0 Å². The Morgan fingerprint density at radius 3 is 2.60 bits per heavy atom. The number of rotatable bonds is 5. The molecule has 1 aliphatic carbocycles. The summed E-state index contributed by atoms with van der Waals surface area (Å²) in [7, 11) is 0. The van der Waals surface area contributed by atoms with Crippen LogP contribution in [0.2, 0.25) is 0 Å². The first-order valence-corrected chi connectivity index (χ1v) is 7.96.